The van der Waals surface area contributed by atoms with E-state index in [2.05, 4.69) is 10.6 Å². The lowest BCUT2D eigenvalue weighted by molar-refractivity contribution is 0.102. The van der Waals surface area contributed by atoms with Crippen molar-refractivity contribution in [2.45, 2.75) is 20.4 Å². The molecule has 0 aliphatic rings. The SMILES string of the molecule is CNCc1ccc(NC(=O)c2c(C)cccc2C)cc1. The smallest absolute Gasteiger partial charge is 0.256 e. The molecule has 0 bridgehead atoms. The molecule has 0 atom stereocenters. The number of carbonyl (C=O) groups excluding carboxylic acids is 1. The fraction of sp³-hybridized carbons (Fsp3) is 0.235. The Morgan fingerprint density at radius 3 is 2.15 bits per heavy atom. The van der Waals surface area contributed by atoms with Gasteiger partial charge in [-0.25, -0.2) is 0 Å². The number of hydrogen-bond acceptors (Lipinski definition) is 2. The number of nitrogens with one attached hydrogen (secondary N) is 2. The van der Waals surface area contributed by atoms with Gasteiger partial charge in [-0.3, -0.25) is 4.79 Å². The maximum atomic E-state index is 12.3. The Labute approximate surface area is 120 Å². The maximum absolute atomic E-state index is 12.3. The third kappa shape index (κ3) is 3.25. The molecule has 0 aliphatic heterocycles. The summed E-state index contributed by atoms with van der Waals surface area (Å²) in [7, 11) is 1.91. The summed E-state index contributed by atoms with van der Waals surface area (Å²) in [5, 5.41) is 6.05. The van der Waals surface area contributed by atoms with Crippen LogP contribution in [-0.2, 0) is 6.54 Å². The first kappa shape index (κ1) is 14.3. The van der Waals surface area contributed by atoms with Gasteiger partial charge in [0, 0.05) is 17.8 Å². The number of benzene rings is 2. The molecule has 0 unspecified atom stereocenters. The van der Waals surface area contributed by atoms with Crippen LogP contribution in [0.25, 0.3) is 0 Å². The highest BCUT2D eigenvalue weighted by atomic mass is 16.1. The van der Waals surface area contributed by atoms with E-state index in [0.29, 0.717) is 0 Å². The van der Waals surface area contributed by atoms with Crippen LogP contribution in [0.4, 0.5) is 5.69 Å². The van der Waals surface area contributed by atoms with Gasteiger partial charge in [0.05, 0.1) is 0 Å². The predicted molar refractivity (Wildman–Crippen MR) is 83.1 cm³/mol. The average molecular weight is 268 g/mol. The lowest BCUT2D eigenvalue weighted by Crippen LogP contribution is -2.15. The van der Waals surface area contributed by atoms with E-state index in [-0.39, 0.29) is 5.91 Å². The average Bonchev–Trinajstić information content (AvgIpc) is 2.41. The van der Waals surface area contributed by atoms with Crippen LogP contribution in [0.5, 0.6) is 0 Å². The molecule has 104 valence electrons. The minimum Gasteiger partial charge on any atom is -0.322 e. The summed E-state index contributed by atoms with van der Waals surface area (Å²) in [4.78, 5) is 12.3. The van der Waals surface area contributed by atoms with E-state index in [4.69, 9.17) is 0 Å². The topological polar surface area (TPSA) is 41.1 Å². The summed E-state index contributed by atoms with van der Waals surface area (Å²) < 4.78 is 0. The minimum absolute atomic E-state index is 0.0537. The van der Waals surface area contributed by atoms with Crippen molar-refractivity contribution in [3.63, 3.8) is 0 Å². The van der Waals surface area contributed by atoms with Crippen LogP contribution in [0, 0.1) is 13.8 Å². The molecule has 0 saturated carbocycles. The fourth-order valence-electron chi connectivity index (χ4n) is 2.28. The molecule has 3 nitrogen and oxygen atoms in total. The van der Waals surface area contributed by atoms with E-state index in [0.717, 1.165) is 28.9 Å². The molecule has 0 saturated heterocycles. The van der Waals surface area contributed by atoms with Crippen LogP contribution in [0.15, 0.2) is 42.5 Å². The highest BCUT2D eigenvalue weighted by Crippen LogP contribution is 2.16. The van der Waals surface area contributed by atoms with Gasteiger partial charge in [-0.15, -0.1) is 0 Å². The number of hydrogen-bond donors (Lipinski definition) is 2. The molecule has 20 heavy (non-hydrogen) atoms. The Bertz CT molecular complexity index is 583. The molecular weight excluding hydrogens is 248 g/mol. The van der Waals surface area contributed by atoms with E-state index in [1.807, 2.05) is 63.4 Å². The molecule has 3 heteroatoms. The van der Waals surface area contributed by atoms with E-state index in [1.165, 1.54) is 5.56 Å². The Balaban J connectivity index is 2.15. The van der Waals surface area contributed by atoms with Crippen molar-refractivity contribution in [1.29, 1.82) is 0 Å². The Hall–Kier alpha value is -2.13. The molecule has 0 aliphatic carbocycles. The first-order valence-corrected chi connectivity index (χ1v) is 6.73. The lowest BCUT2D eigenvalue weighted by atomic mass is 10.0. The number of carbonyl (C=O) groups is 1. The van der Waals surface area contributed by atoms with Crippen LogP contribution in [-0.4, -0.2) is 13.0 Å². The molecule has 1 amide bonds. The second kappa shape index (κ2) is 6.35. The summed E-state index contributed by atoms with van der Waals surface area (Å²) in [6.45, 7) is 4.74. The lowest BCUT2D eigenvalue weighted by Gasteiger charge is -2.11. The van der Waals surface area contributed by atoms with Gasteiger partial charge in [0.25, 0.3) is 5.91 Å². The first-order valence-electron chi connectivity index (χ1n) is 6.73. The Morgan fingerprint density at radius 1 is 1.00 bits per heavy atom. The monoisotopic (exact) mass is 268 g/mol. The second-order valence-corrected chi connectivity index (χ2v) is 4.95. The molecule has 2 aromatic carbocycles. The van der Waals surface area contributed by atoms with Crippen molar-refractivity contribution in [3.8, 4) is 0 Å². The van der Waals surface area contributed by atoms with Crippen LogP contribution >= 0.6 is 0 Å². The summed E-state index contributed by atoms with van der Waals surface area (Å²) in [6, 6.07) is 13.8. The van der Waals surface area contributed by atoms with E-state index in [1.54, 1.807) is 0 Å². The largest absolute Gasteiger partial charge is 0.322 e. The van der Waals surface area contributed by atoms with Gasteiger partial charge in [0.1, 0.15) is 0 Å². The summed E-state index contributed by atoms with van der Waals surface area (Å²) in [5.74, 6) is -0.0537. The van der Waals surface area contributed by atoms with Gasteiger partial charge in [-0.1, -0.05) is 30.3 Å². The van der Waals surface area contributed by atoms with Gasteiger partial charge in [-0.2, -0.15) is 0 Å². The molecule has 0 spiro atoms. The molecule has 2 N–H and O–H groups in total. The van der Waals surface area contributed by atoms with Gasteiger partial charge in [-0.05, 0) is 49.7 Å². The molecule has 2 aromatic rings. The van der Waals surface area contributed by atoms with Crippen LogP contribution in [0.1, 0.15) is 27.0 Å². The van der Waals surface area contributed by atoms with Crippen molar-refractivity contribution >= 4 is 11.6 Å². The molecule has 0 aromatic heterocycles. The van der Waals surface area contributed by atoms with Crippen LogP contribution in [0.3, 0.4) is 0 Å². The molecule has 2 rings (SSSR count). The highest BCUT2D eigenvalue weighted by Gasteiger charge is 2.11. The maximum Gasteiger partial charge on any atom is 0.256 e. The van der Waals surface area contributed by atoms with E-state index >= 15 is 0 Å². The van der Waals surface area contributed by atoms with Gasteiger partial charge in [0.2, 0.25) is 0 Å². The molecular formula is C17H20N2O. The van der Waals surface area contributed by atoms with E-state index in [9.17, 15) is 4.79 Å². The van der Waals surface area contributed by atoms with Gasteiger partial charge < -0.3 is 10.6 Å². The van der Waals surface area contributed by atoms with Gasteiger partial charge >= 0.3 is 0 Å². The number of aryl methyl sites for hydroxylation is 2. The zero-order valence-electron chi connectivity index (χ0n) is 12.2. The third-order valence-corrected chi connectivity index (χ3v) is 3.30. The van der Waals surface area contributed by atoms with Crippen molar-refractivity contribution in [3.05, 3.63) is 64.7 Å². The fourth-order valence-corrected chi connectivity index (χ4v) is 2.28. The summed E-state index contributed by atoms with van der Waals surface area (Å²) in [6.07, 6.45) is 0. The standard InChI is InChI=1S/C17H20N2O/c1-12-5-4-6-13(2)16(12)17(20)19-15-9-7-14(8-10-15)11-18-3/h4-10,18H,11H2,1-3H3,(H,19,20). The van der Waals surface area contributed by atoms with Crippen molar-refractivity contribution in [1.82, 2.24) is 5.32 Å². The normalized spacial score (nSPS) is 10.3. The Morgan fingerprint density at radius 2 is 1.60 bits per heavy atom. The second-order valence-electron chi connectivity index (χ2n) is 4.95. The summed E-state index contributed by atoms with van der Waals surface area (Å²) >= 11 is 0. The van der Waals surface area contributed by atoms with Gasteiger partial charge in [0.15, 0.2) is 0 Å². The predicted octanol–water partition coefficient (Wildman–Crippen LogP) is 3.28. The van der Waals surface area contributed by atoms with Crippen molar-refractivity contribution in [2.75, 3.05) is 12.4 Å². The first-order chi connectivity index (χ1) is 9.61. The number of rotatable bonds is 4. The van der Waals surface area contributed by atoms with Crippen LogP contribution in [0.2, 0.25) is 0 Å². The zero-order chi connectivity index (χ0) is 14.5. The Kier molecular flexibility index (Phi) is 4.53. The molecule has 0 fully saturated rings. The number of amides is 1. The number of anilines is 1. The van der Waals surface area contributed by atoms with Crippen LogP contribution < -0.4 is 10.6 Å². The minimum atomic E-state index is -0.0537. The van der Waals surface area contributed by atoms with Crippen molar-refractivity contribution < 1.29 is 4.79 Å². The quantitative estimate of drug-likeness (QED) is 0.893. The third-order valence-electron chi connectivity index (χ3n) is 3.30. The molecule has 0 radical (unpaired) electrons. The van der Waals surface area contributed by atoms with E-state index < -0.39 is 0 Å². The zero-order valence-corrected chi connectivity index (χ0v) is 12.2. The van der Waals surface area contributed by atoms with Crippen molar-refractivity contribution in [2.24, 2.45) is 0 Å². The highest BCUT2D eigenvalue weighted by molar-refractivity contribution is 6.06. The molecule has 0 heterocycles. The summed E-state index contributed by atoms with van der Waals surface area (Å²) in [5.41, 5.74) is 4.76.